The summed E-state index contributed by atoms with van der Waals surface area (Å²) in [6.45, 7) is 3.53. The maximum absolute atomic E-state index is 12.8. The fourth-order valence-electron chi connectivity index (χ4n) is 3.86. The van der Waals surface area contributed by atoms with E-state index in [2.05, 4.69) is 10.3 Å². The number of benzene rings is 1. The van der Waals surface area contributed by atoms with Gasteiger partial charge >= 0.3 is 5.97 Å². The maximum Gasteiger partial charge on any atom is 0.315 e. The summed E-state index contributed by atoms with van der Waals surface area (Å²) in [5.41, 5.74) is 1.86. The van der Waals surface area contributed by atoms with E-state index in [0.717, 1.165) is 18.5 Å². The maximum atomic E-state index is 12.8. The smallest absolute Gasteiger partial charge is 0.315 e. The van der Waals surface area contributed by atoms with Crippen molar-refractivity contribution in [2.75, 3.05) is 6.54 Å². The number of ketones is 1. The van der Waals surface area contributed by atoms with Crippen LogP contribution in [-0.2, 0) is 16.6 Å². The second-order valence-corrected chi connectivity index (χ2v) is 7.04. The highest BCUT2D eigenvalue weighted by molar-refractivity contribution is 6.04. The van der Waals surface area contributed by atoms with E-state index in [1.54, 1.807) is 38.1 Å². The molecule has 1 amide bonds. The number of carboxylic acid groups (broad SMARTS) is 1. The van der Waals surface area contributed by atoms with Crippen molar-refractivity contribution < 1.29 is 19.5 Å². The van der Waals surface area contributed by atoms with Crippen molar-refractivity contribution in [2.45, 2.75) is 44.9 Å². The number of aliphatic carboxylic acids is 1. The zero-order valence-corrected chi connectivity index (χ0v) is 15.6. The number of carbonyl (C=O) groups is 3. The second kappa shape index (κ2) is 7.39. The monoisotopic (exact) mass is 368 g/mol. The molecule has 1 atom stereocenters. The number of hydrogen-bond acceptors (Lipinski definition) is 3. The molecule has 0 fully saturated rings. The number of hydrogen-bond donors (Lipinski definition) is 3. The zero-order chi connectivity index (χ0) is 19.6. The lowest BCUT2D eigenvalue weighted by molar-refractivity contribution is -0.143. The molecule has 6 nitrogen and oxygen atoms in total. The van der Waals surface area contributed by atoms with Gasteiger partial charge in [0.25, 0.3) is 5.91 Å². The Morgan fingerprint density at radius 1 is 1.22 bits per heavy atom. The van der Waals surface area contributed by atoms with Crippen LogP contribution in [0.2, 0.25) is 0 Å². The summed E-state index contributed by atoms with van der Waals surface area (Å²) in [6.07, 6.45) is 2.36. The molecule has 6 heteroatoms. The Morgan fingerprint density at radius 3 is 2.52 bits per heavy atom. The number of carbonyl (C=O) groups excluding carboxylic acids is 2. The number of aromatic nitrogens is 1. The molecule has 0 saturated heterocycles. The molecule has 0 saturated carbocycles. The van der Waals surface area contributed by atoms with Crippen molar-refractivity contribution >= 4 is 17.7 Å². The number of carboxylic acids is 1. The first-order valence-corrected chi connectivity index (χ1v) is 9.22. The number of Topliss-reactive ketones (excluding diaryl/α,β-unsaturated/α-hetero) is 1. The molecular formula is C21H24N2O4. The number of aryl methyl sites for hydroxylation is 1. The van der Waals surface area contributed by atoms with E-state index in [-0.39, 0.29) is 18.2 Å². The molecule has 0 spiro atoms. The SMILES string of the molecule is CCC(CNC(=O)c1[nH]c2c(c1C)C(=O)CCC2)(C(=O)O)c1ccccc1. The van der Waals surface area contributed by atoms with Crippen molar-refractivity contribution in [3.63, 3.8) is 0 Å². The van der Waals surface area contributed by atoms with E-state index in [1.807, 2.05) is 6.07 Å². The van der Waals surface area contributed by atoms with Gasteiger partial charge in [0.2, 0.25) is 0 Å². The lowest BCUT2D eigenvalue weighted by Gasteiger charge is -2.29. The number of nitrogens with one attached hydrogen (secondary N) is 2. The normalized spacial score (nSPS) is 15.7. The Morgan fingerprint density at radius 2 is 1.93 bits per heavy atom. The second-order valence-electron chi connectivity index (χ2n) is 7.04. The fourth-order valence-corrected chi connectivity index (χ4v) is 3.86. The third-order valence-electron chi connectivity index (χ3n) is 5.55. The lowest BCUT2D eigenvalue weighted by atomic mass is 9.78. The van der Waals surface area contributed by atoms with Gasteiger partial charge in [-0.05, 0) is 37.3 Å². The van der Waals surface area contributed by atoms with Crippen LogP contribution in [0.5, 0.6) is 0 Å². The molecule has 1 unspecified atom stereocenters. The van der Waals surface area contributed by atoms with E-state index in [4.69, 9.17) is 0 Å². The van der Waals surface area contributed by atoms with Gasteiger partial charge in [0.15, 0.2) is 5.78 Å². The van der Waals surface area contributed by atoms with Crippen molar-refractivity contribution in [3.05, 3.63) is 58.4 Å². The van der Waals surface area contributed by atoms with E-state index in [0.29, 0.717) is 35.2 Å². The van der Waals surface area contributed by atoms with Crippen LogP contribution in [0.4, 0.5) is 0 Å². The molecular weight excluding hydrogens is 344 g/mol. The van der Waals surface area contributed by atoms with Crippen LogP contribution in [0.3, 0.4) is 0 Å². The molecule has 1 aromatic heterocycles. The Hall–Kier alpha value is -2.89. The summed E-state index contributed by atoms with van der Waals surface area (Å²) < 4.78 is 0. The number of H-pyrrole nitrogens is 1. The van der Waals surface area contributed by atoms with Gasteiger partial charge in [-0.1, -0.05) is 37.3 Å². The molecule has 1 aromatic carbocycles. The molecule has 0 bridgehead atoms. The van der Waals surface area contributed by atoms with Gasteiger partial charge < -0.3 is 15.4 Å². The minimum absolute atomic E-state index is 0.0290. The van der Waals surface area contributed by atoms with Gasteiger partial charge in [-0.25, -0.2) is 0 Å². The summed E-state index contributed by atoms with van der Waals surface area (Å²) in [5.74, 6) is -1.30. The average Bonchev–Trinajstić information content (AvgIpc) is 3.01. The molecule has 27 heavy (non-hydrogen) atoms. The topological polar surface area (TPSA) is 99.3 Å². The van der Waals surface area contributed by atoms with Gasteiger partial charge in [-0.2, -0.15) is 0 Å². The van der Waals surface area contributed by atoms with E-state index in [1.165, 1.54) is 0 Å². The van der Waals surface area contributed by atoms with Crippen LogP contribution in [0, 0.1) is 6.92 Å². The van der Waals surface area contributed by atoms with Gasteiger partial charge in [-0.3, -0.25) is 14.4 Å². The Bertz CT molecular complexity index is 885. The minimum atomic E-state index is -1.20. The number of rotatable bonds is 6. The number of amides is 1. The Kier molecular flexibility index (Phi) is 5.17. The third kappa shape index (κ3) is 3.27. The number of fused-ring (bicyclic) bond motifs is 1. The first-order valence-electron chi connectivity index (χ1n) is 9.22. The zero-order valence-electron chi connectivity index (χ0n) is 15.6. The van der Waals surface area contributed by atoms with Crippen LogP contribution < -0.4 is 5.32 Å². The molecule has 1 aliphatic carbocycles. The Balaban J connectivity index is 1.86. The molecule has 3 rings (SSSR count). The minimum Gasteiger partial charge on any atom is -0.481 e. The highest BCUT2D eigenvalue weighted by Crippen LogP contribution is 2.29. The van der Waals surface area contributed by atoms with E-state index >= 15 is 0 Å². The first-order chi connectivity index (χ1) is 12.9. The van der Waals surface area contributed by atoms with E-state index < -0.39 is 11.4 Å². The van der Waals surface area contributed by atoms with Gasteiger partial charge in [0, 0.05) is 24.2 Å². The quantitative estimate of drug-likeness (QED) is 0.730. The van der Waals surface area contributed by atoms with Crippen LogP contribution in [0.25, 0.3) is 0 Å². The summed E-state index contributed by atoms with van der Waals surface area (Å²) in [6, 6.07) is 8.94. The van der Waals surface area contributed by atoms with Crippen molar-refractivity contribution in [3.8, 4) is 0 Å². The summed E-state index contributed by atoms with van der Waals surface area (Å²) in [4.78, 5) is 40.1. The summed E-state index contributed by atoms with van der Waals surface area (Å²) in [7, 11) is 0. The molecule has 0 radical (unpaired) electrons. The Labute approximate surface area is 158 Å². The average molecular weight is 368 g/mol. The van der Waals surface area contributed by atoms with Crippen molar-refractivity contribution in [1.29, 1.82) is 0 Å². The fraction of sp³-hybridized carbons (Fsp3) is 0.381. The summed E-state index contributed by atoms with van der Waals surface area (Å²) in [5, 5.41) is 12.7. The van der Waals surface area contributed by atoms with Crippen LogP contribution in [-0.4, -0.2) is 34.3 Å². The summed E-state index contributed by atoms with van der Waals surface area (Å²) >= 11 is 0. The molecule has 0 aliphatic heterocycles. The van der Waals surface area contributed by atoms with Gasteiger partial charge in [-0.15, -0.1) is 0 Å². The molecule has 142 valence electrons. The van der Waals surface area contributed by atoms with E-state index in [9.17, 15) is 19.5 Å². The molecule has 1 heterocycles. The van der Waals surface area contributed by atoms with Crippen LogP contribution >= 0.6 is 0 Å². The molecule has 2 aromatic rings. The highest BCUT2D eigenvalue weighted by atomic mass is 16.4. The predicted octanol–water partition coefficient (Wildman–Crippen LogP) is 3.00. The molecule has 1 aliphatic rings. The van der Waals surface area contributed by atoms with Crippen molar-refractivity contribution in [2.24, 2.45) is 0 Å². The highest BCUT2D eigenvalue weighted by Gasteiger charge is 2.39. The molecule has 3 N–H and O–H groups in total. The standard InChI is InChI=1S/C21H24N2O4/c1-3-21(20(26)27,14-8-5-4-6-9-14)12-22-19(25)18-13(2)17-15(23-18)10-7-11-16(17)24/h4-6,8-9,23H,3,7,10-12H2,1-2H3,(H,22,25)(H,26,27). The van der Waals surface area contributed by atoms with Crippen LogP contribution in [0.1, 0.15) is 63.9 Å². The lowest BCUT2D eigenvalue weighted by Crippen LogP contribution is -2.46. The van der Waals surface area contributed by atoms with Gasteiger partial charge in [0.05, 0.1) is 0 Å². The third-order valence-corrected chi connectivity index (χ3v) is 5.55. The van der Waals surface area contributed by atoms with Crippen molar-refractivity contribution in [1.82, 2.24) is 10.3 Å². The first kappa shape index (κ1) is 18.9. The van der Waals surface area contributed by atoms with Gasteiger partial charge in [0.1, 0.15) is 11.1 Å². The predicted molar refractivity (Wildman–Crippen MR) is 101 cm³/mol. The number of aromatic amines is 1. The largest absolute Gasteiger partial charge is 0.481 e. The van der Waals surface area contributed by atoms with Crippen LogP contribution in [0.15, 0.2) is 30.3 Å².